The van der Waals surface area contributed by atoms with Gasteiger partial charge in [0, 0.05) is 18.8 Å². The Kier molecular flexibility index (Phi) is 2.74. The van der Waals surface area contributed by atoms with Gasteiger partial charge in [0.05, 0.1) is 0 Å². The molecule has 60 valence electrons. The smallest absolute Gasteiger partial charge is 0.281 e. The van der Waals surface area contributed by atoms with Gasteiger partial charge in [0.2, 0.25) is 0 Å². The minimum Gasteiger partial charge on any atom is -0.281 e. The highest BCUT2D eigenvalue weighted by Gasteiger charge is 2.48. The Bertz CT molecular complexity index is 198. The Labute approximate surface area is 67.6 Å². The first-order valence-electron chi connectivity index (χ1n) is 2.33. The topological polar surface area (TPSA) is 60.2 Å². The Hall–Kier alpha value is 0.210. The Morgan fingerprint density at radius 2 is 1.80 bits per heavy atom. The van der Waals surface area contributed by atoms with Crippen LogP contribution >= 0.6 is 28.3 Å². The largest absolute Gasteiger partial charge is 0.326 e. The quantitative estimate of drug-likeness (QED) is 0.396. The molecule has 0 aromatic heterocycles. The number of nitro groups is 1. The second kappa shape index (κ2) is 2.68. The van der Waals surface area contributed by atoms with Crippen molar-refractivity contribution >= 4 is 28.3 Å². The fourth-order valence-corrected chi connectivity index (χ4v) is 0.655. The zero-order valence-corrected chi connectivity index (χ0v) is 7.78. The third kappa shape index (κ3) is 1.84. The van der Waals surface area contributed by atoms with Crippen LogP contribution in [0.2, 0.25) is 0 Å². The maximum absolute atomic E-state index is 10.8. The molecule has 0 bridgehead atoms. The van der Waals surface area contributed by atoms with Crippen molar-refractivity contribution in [3.05, 3.63) is 10.1 Å². The van der Waals surface area contributed by atoms with Gasteiger partial charge in [-0.3, -0.25) is 14.7 Å². The highest BCUT2D eigenvalue weighted by molar-refractivity contribution is 8.09. The number of nitrogens with zero attached hydrogens (tertiary/aromatic N) is 1. The van der Waals surface area contributed by atoms with Crippen LogP contribution in [0.15, 0.2) is 0 Å². The number of rotatable bonds is 2. The van der Waals surface area contributed by atoms with E-state index in [1.54, 1.807) is 0 Å². The molecule has 0 aromatic carbocycles. The predicted octanol–water partition coefficient (Wildman–Crippen LogP) is 2.67. The summed E-state index contributed by atoms with van der Waals surface area (Å²) in [7, 11) is 0. The molecular weight excluding hydrogens is 200 g/mol. The predicted molar refractivity (Wildman–Crippen MR) is 40.4 cm³/mol. The van der Waals surface area contributed by atoms with E-state index in [1.807, 2.05) is 0 Å². The molecule has 10 heavy (non-hydrogen) atoms. The first-order valence-corrected chi connectivity index (χ1v) is 5.85. The summed E-state index contributed by atoms with van der Waals surface area (Å²) >= 11 is 10.2. The van der Waals surface area contributed by atoms with Gasteiger partial charge in [-0.2, -0.15) is 0 Å². The average Bonchev–Trinajstić information content (AvgIpc) is 1.62. The molecule has 0 radical (unpaired) electrons. The standard InChI is InChI=1S/C3H6Cl2NO3P/c1-3(2,6(7)8)10(4,5)9/h1-2H3. The summed E-state index contributed by atoms with van der Waals surface area (Å²) in [6.07, 6.45) is 0. The highest BCUT2D eigenvalue weighted by Crippen LogP contribution is 2.66. The van der Waals surface area contributed by atoms with Crippen LogP contribution < -0.4 is 0 Å². The van der Waals surface area contributed by atoms with Crippen LogP contribution in [0.1, 0.15) is 13.8 Å². The molecule has 0 aliphatic heterocycles. The minimum atomic E-state index is -3.68. The van der Waals surface area contributed by atoms with Gasteiger partial charge in [-0.25, -0.2) is 0 Å². The number of hydrogen-bond acceptors (Lipinski definition) is 3. The van der Waals surface area contributed by atoms with Crippen LogP contribution in [0.5, 0.6) is 0 Å². The summed E-state index contributed by atoms with van der Waals surface area (Å²) in [5.41, 5.74) is 0. The molecule has 4 nitrogen and oxygen atoms in total. The van der Waals surface area contributed by atoms with Crippen LogP contribution in [0.25, 0.3) is 0 Å². The highest BCUT2D eigenvalue weighted by atomic mass is 35.9. The van der Waals surface area contributed by atoms with E-state index < -0.39 is 16.1 Å². The molecule has 0 rings (SSSR count). The van der Waals surface area contributed by atoms with E-state index in [0.717, 1.165) is 13.8 Å². The fourth-order valence-electron chi connectivity index (χ4n) is 0.0951. The molecule has 7 heteroatoms. The van der Waals surface area contributed by atoms with E-state index in [4.69, 9.17) is 22.5 Å². The van der Waals surface area contributed by atoms with Crippen LogP contribution in [-0.2, 0) is 4.57 Å². The molecule has 0 saturated carbocycles. The maximum atomic E-state index is 10.8. The monoisotopic (exact) mass is 205 g/mol. The van der Waals surface area contributed by atoms with Gasteiger partial charge in [-0.15, -0.1) is 0 Å². The van der Waals surface area contributed by atoms with E-state index in [0.29, 0.717) is 0 Å². The second-order valence-electron chi connectivity index (χ2n) is 2.21. The second-order valence-corrected chi connectivity index (χ2v) is 7.61. The van der Waals surface area contributed by atoms with Gasteiger partial charge in [0.25, 0.3) is 5.28 Å². The molecule has 0 heterocycles. The van der Waals surface area contributed by atoms with Crippen LogP contribution in [0, 0.1) is 10.1 Å². The number of hydrogen-bond donors (Lipinski definition) is 0. The van der Waals surface area contributed by atoms with E-state index in [9.17, 15) is 14.7 Å². The van der Waals surface area contributed by atoms with Crippen molar-refractivity contribution in [2.75, 3.05) is 0 Å². The van der Waals surface area contributed by atoms with Gasteiger partial charge in [0.1, 0.15) is 0 Å². The summed E-state index contributed by atoms with van der Waals surface area (Å²) in [6.45, 7) is 2.24. The van der Waals surface area contributed by atoms with Crippen molar-refractivity contribution in [3.8, 4) is 0 Å². The Morgan fingerprint density at radius 3 is 1.80 bits per heavy atom. The van der Waals surface area contributed by atoms with Crippen LogP contribution in [0.4, 0.5) is 0 Å². The van der Waals surface area contributed by atoms with Gasteiger partial charge >= 0.3 is 5.85 Å². The molecule has 0 aliphatic carbocycles. The molecule has 0 unspecified atom stereocenters. The summed E-state index contributed by atoms with van der Waals surface area (Å²) in [6, 6.07) is 0. The summed E-state index contributed by atoms with van der Waals surface area (Å²) in [4.78, 5) is 9.38. The fraction of sp³-hybridized carbons (Fsp3) is 1.00. The van der Waals surface area contributed by atoms with Gasteiger partial charge < -0.3 is 0 Å². The van der Waals surface area contributed by atoms with Gasteiger partial charge in [-0.05, 0) is 22.5 Å². The molecule has 0 aromatic rings. The van der Waals surface area contributed by atoms with Gasteiger partial charge in [-0.1, -0.05) is 0 Å². The number of halogens is 2. The average molecular weight is 206 g/mol. The summed E-state index contributed by atoms with van der Waals surface area (Å²) in [5.74, 6) is -3.68. The van der Waals surface area contributed by atoms with E-state index in [-0.39, 0.29) is 0 Å². The third-order valence-corrected chi connectivity index (χ3v) is 5.00. The van der Waals surface area contributed by atoms with Crippen molar-refractivity contribution in [1.29, 1.82) is 0 Å². The maximum Gasteiger partial charge on any atom is 0.326 e. The first kappa shape index (κ1) is 10.2. The van der Waals surface area contributed by atoms with Crippen molar-refractivity contribution in [2.45, 2.75) is 19.1 Å². The molecule has 0 spiro atoms. The van der Waals surface area contributed by atoms with Crippen molar-refractivity contribution < 1.29 is 9.49 Å². The van der Waals surface area contributed by atoms with Crippen LogP contribution in [-0.4, -0.2) is 10.2 Å². The first-order chi connectivity index (χ1) is 4.19. The molecule has 0 N–H and O–H groups in total. The van der Waals surface area contributed by atoms with Crippen molar-refractivity contribution in [3.63, 3.8) is 0 Å². The molecule has 0 amide bonds. The Balaban J connectivity index is 4.75. The summed E-state index contributed by atoms with van der Waals surface area (Å²) in [5, 5.41) is 8.38. The zero-order chi connectivity index (χ0) is 8.58. The lowest BCUT2D eigenvalue weighted by atomic mass is 10.4. The normalized spacial score (nSPS) is 13.2. The molecule has 0 fully saturated rings. The lowest BCUT2D eigenvalue weighted by molar-refractivity contribution is -0.531. The van der Waals surface area contributed by atoms with Gasteiger partial charge in [0.15, 0.2) is 0 Å². The van der Waals surface area contributed by atoms with E-state index in [1.165, 1.54) is 0 Å². The van der Waals surface area contributed by atoms with Crippen molar-refractivity contribution in [1.82, 2.24) is 0 Å². The van der Waals surface area contributed by atoms with Crippen molar-refractivity contribution in [2.24, 2.45) is 0 Å². The zero-order valence-electron chi connectivity index (χ0n) is 5.38. The van der Waals surface area contributed by atoms with Crippen LogP contribution in [0.3, 0.4) is 0 Å². The Morgan fingerprint density at radius 1 is 1.50 bits per heavy atom. The minimum absolute atomic E-state index is 0.756. The lowest BCUT2D eigenvalue weighted by Gasteiger charge is -2.15. The molecular formula is C3H6Cl2NO3P. The summed E-state index contributed by atoms with van der Waals surface area (Å²) < 4.78 is 10.8. The SMILES string of the molecule is CC(C)([N+](=O)[O-])P(=O)(Cl)Cl. The van der Waals surface area contributed by atoms with E-state index in [2.05, 4.69) is 0 Å². The third-order valence-electron chi connectivity index (χ3n) is 1.08. The van der Waals surface area contributed by atoms with E-state index >= 15 is 0 Å². The lowest BCUT2D eigenvalue weighted by Crippen LogP contribution is -2.27. The molecule has 0 aliphatic rings. The molecule has 0 atom stereocenters. The molecule has 0 saturated heterocycles.